The quantitative estimate of drug-likeness (QED) is 0.374. The molecular weight excluding hydrogens is 372 g/mol. The molecule has 1 aromatic heterocycles. The number of hydrogen-bond donors (Lipinski definition) is 2. The maximum atomic E-state index is 12.3. The van der Waals surface area contributed by atoms with Gasteiger partial charge in [-0.2, -0.15) is 0 Å². The van der Waals surface area contributed by atoms with Crippen LogP contribution in [0.1, 0.15) is 6.92 Å². The third-order valence-electron chi connectivity index (χ3n) is 3.51. The lowest BCUT2D eigenvalue weighted by Crippen LogP contribution is -2.22. The maximum absolute atomic E-state index is 12.3. The van der Waals surface area contributed by atoms with Crippen LogP contribution in [-0.2, 0) is 4.79 Å². The van der Waals surface area contributed by atoms with Crippen molar-refractivity contribution in [1.82, 2.24) is 10.2 Å². The van der Waals surface area contributed by atoms with Gasteiger partial charge in [0, 0.05) is 23.4 Å². The molecule has 3 rings (SSSR count). The minimum absolute atomic E-state index is 0.0527. The van der Waals surface area contributed by atoms with Crippen LogP contribution >= 0.6 is 11.8 Å². The summed E-state index contributed by atoms with van der Waals surface area (Å²) in [5.74, 6) is 0.100. The van der Waals surface area contributed by atoms with E-state index in [9.17, 15) is 20.0 Å². The second kappa shape index (κ2) is 7.87. The molecule has 10 heteroatoms. The number of non-ortho nitro benzene ring substituents is 1. The zero-order chi connectivity index (χ0) is 19.4. The second-order valence-corrected chi connectivity index (χ2v) is 6.77. The van der Waals surface area contributed by atoms with Gasteiger partial charge in [-0.1, -0.05) is 11.8 Å². The molecular formula is C17H14N4O5S. The van der Waals surface area contributed by atoms with Gasteiger partial charge in [0.2, 0.25) is 11.8 Å². The highest BCUT2D eigenvalue weighted by Crippen LogP contribution is 2.27. The van der Waals surface area contributed by atoms with E-state index in [4.69, 9.17) is 4.42 Å². The number of carbonyl (C=O) groups is 1. The van der Waals surface area contributed by atoms with Crippen LogP contribution in [0.5, 0.6) is 5.75 Å². The molecule has 1 amide bonds. The van der Waals surface area contributed by atoms with Crippen LogP contribution in [0.25, 0.3) is 11.5 Å². The van der Waals surface area contributed by atoms with Crippen molar-refractivity contribution >= 4 is 29.0 Å². The number of anilines is 1. The normalized spacial score (nSPS) is 11.7. The standard InChI is InChI=1S/C17H14N4O5S/c1-10(15(23)18-12-4-6-13(7-5-12)21(24)25)27-17-20-19-16(26-17)11-2-8-14(22)9-3-11/h2-10,22H,1H3,(H,18,23). The summed E-state index contributed by atoms with van der Waals surface area (Å²) in [5.41, 5.74) is 1.05. The number of benzene rings is 2. The molecule has 0 aliphatic heterocycles. The molecule has 0 spiro atoms. The number of hydrogen-bond acceptors (Lipinski definition) is 8. The Bertz CT molecular complexity index is 956. The van der Waals surface area contributed by atoms with Gasteiger partial charge >= 0.3 is 0 Å². The summed E-state index contributed by atoms with van der Waals surface area (Å²) in [4.78, 5) is 22.4. The third kappa shape index (κ3) is 4.61. The summed E-state index contributed by atoms with van der Waals surface area (Å²) < 4.78 is 5.53. The average molecular weight is 386 g/mol. The fourth-order valence-corrected chi connectivity index (χ4v) is 2.78. The first kappa shape index (κ1) is 18.4. The molecule has 0 radical (unpaired) electrons. The number of rotatable bonds is 6. The number of carbonyl (C=O) groups excluding carboxylic acids is 1. The van der Waals surface area contributed by atoms with Gasteiger partial charge in [-0.05, 0) is 43.3 Å². The van der Waals surface area contributed by atoms with Crippen LogP contribution in [-0.4, -0.2) is 31.4 Å². The summed E-state index contributed by atoms with van der Waals surface area (Å²) in [6, 6.07) is 11.8. The molecule has 27 heavy (non-hydrogen) atoms. The smallest absolute Gasteiger partial charge is 0.277 e. The number of nitrogens with zero attached hydrogens (tertiary/aromatic N) is 3. The minimum atomic E-state index is -0.534. The van der Waals surface area contributed by atoms with Gasteiger partial charge in [0.15, 0.2) is 0 Å². The molecule has 138 valence electrons. The predicted molar refractivity (Wildman–Crippen MR) is 98.4 cm³/mol. The molecule has 2 aromatic carbocycles. The molecule has 2 N–H and O–H groups in total. The number of phenols is 1. The summed E-state index contributed by atoms with van der Waals surface area (Å²) in [7, 11) is 0. The molecule has 0 saturated carbocycles. The topological polar surface area (TPSA) is 131 Å². The van der Waals surface area contributed by atoms with Gasteiger partial charge in [0.05, 0.1) is 10.2 Å². The molecule has 9 nitrogen and oxygen atoms in total. The van der Waals surface area contributed by atoms with E-state index >= 15 is 0 Å². The largest absolute Gasteiger partial charge is 0.508 e. The predicted octanol–water partition coefficient (Wildman–Crippen LogP) is 3.47. The van der Waals surface area contributed by atoms with Crippen LogP contribution in [0.3, 0.4) is 0 Å². The molecule has 0 bridgehead atoms. The number of nitrogens with one attached hydrogen (secondary N) is 1. The number of thioether (sulfide) groups is 1. The van der Waals surface area contributed by atoms with Gasteiger partial charge in [0.1, 0.15) is 5.75 Å². The monoisotopic (exact) mass is 386 g/mol. The van der Waals surface area contributed by atoms with Crippen LogP contribution in [0.15, 0.2) is 58.2 Å². The van der Waals surface area contributed by atoms with Crippen LogP contribution in [0.2, 0.25) is 0 Å². The van der Waals surface area contributed by atoms with Crippen molar-refractivity contribution in [3.8, 4) is 17.2 Å². The SMILES string of the molecule is CC(Sc1nnc(-c2ccc(O)cc2)o1)C(=O)Nc1ccc([N+](=O)[O-])cc1. The first-order chi connectivity index (χ1) is 12.9. The second-order valence-electron chi connectivity index (χ2n) is 5.47. The van der Waals surface area contributed by atoms with E-state index in [0.717, 1.165) is 11.8 Å². The molecule has 1 unspecified atom stereocenters. The van der Waals surface area contributed by atoms with E-state index in [1.54, 1.807) is 19.1 Å². The van der Waals surface area contributed by atoms with Crippen molar-refractivity contribution in [3.05, 3.63) is 58.6 Å². The van der Waals surface area contributed by atoms with Gasteiger partial charge in [-0.25, -0.2) is 0 Å². The fourth-order valence-electron chi connectivity index (χ4n) is 2.09. The first-order valence-electron chi connectivity index (χ1n) is 7.77. The number of aromatic nitrogens is 2. The minimum Gasteiger partial charge on any atom is -0.508 e. The van der Waals surface area contributed by atoms with E-state index in [2.05, 4.69) is 15.5 Å². The third-order valence-corrected chi connectivity index (χ3v) is 4.45. The van der Waals surface area contributed by atoms with Crippen LogP contribution in [0.4, 0.5) is 11.4 Å². The average Bonchev–Trinajstić information content (AvgIpc) is 3.11. The number of aromatic hydroxyl groups is 1. The lowest BCUT2D eigenvalue weighted by Gasteiger charge is -2.09. The highest BCUT2D eigenvalue weighted by molar-refractivity contribution is 8.00. The summed E-state index contributed by atoms with van der Waals surface area (Å²) in [5, 5.41) is 30.1. The molecule has 1 atom stereocenters. The number of nitro groups is 1. The Balaban J connectivity index is 1.61. The molecule has 0 aliphatic rings. The van der Waals surface area contributed by atoms with E-state index in [-0.39, 0.29) is 28.5 Å². The Kier molecular flexibility index (Phi) is 5.36. The zero-order valence-corrected chi connectivity index (χ0v) is 14.8. The Morgan fingerprint density at radius 3 is 2.48 bits per heavy atom. The van der Waals surface area contributed by atoms with Gasteiger partial charge in [0.25, 0.3) is 10.9 Å². The van der Waals surface area contributed by atoms with E-state index in [0.29, 0.717) is 11.3 Å². The number of phenolic OH excluding ortho intramolecular Hbond substituents is 1. The highest BCUT2D eigenvalue weighted by atomic mass is 32.2. The van der Waals surface area contributed by atoms with Crippen LogP contribution < -0.4 is 5.32 Å². The first-order valence-corrected chi connectivity index (χ1v) is 8.65. The molecule has 0 aliphatic carbocycles. The Hall–Kier alpha value is -3.40. The Labute approximate surface area is 157 Å². The van der Waals surface area contributed by atoms with Crippen molar-refractivity contribution in [2.24, 2.45) is 0 Å². The molecule has 3 aromatic rings. The van der Waals surface area contributed by atoms with Gasteiger partial charge < -0.3 is 14.8 Å². The number of amides is 1. The van der Waals surface area contributed by atoms with Crippen molar-refractivity contribution in [2.75, 3.05) is 5.32 Å². The van der Waals surface area contributed by atoms with E-state index in [1.165, 1.54) is 36.4 Å². The summed E-state index contributed by atoms with van der Waals surface area (Å²) in [6.45, 7) is 1.68. The fraction of sp³-hybridized carbons (Fsp3) is 0.118. The lowest BCUT2D eigenvalue weighted by molar-refractivity contribution is -0.384. The van der Waals surface area contributed by atoms with Crippen molar-refractivity contribution < 1.29 is 19.2 Å². The zero-order valence-electron chi connectivity index (χ0n) is 14.0. The van der Waals surface area contributed by atoms with E-state index < -0.39 is 10.2 Å². The Morgan fingerprint density at radius 2 is 1.85 bits per heavy atom. The van der Waals surface area contributed by atoms with Crippen molar-refractivity contribution in [2.45, 2.75) is 17.4 Å². The van der Waals surface area contributed by atoms with Crippen molar-refractivity contribution in [1.29, 1.82) is 0 Å². The van der Waals surface area contributed by atoms with Gasteiger partial charge in [-0.3, -0.25) is 14.9 Å². The van der Waals surface area contributed by atoms with E-state index in [1.807, 2.05) is 0 Å². The lowest BCUT2D eigenvalue weighted by atomic mass is 10.2. The summed E-state index contributed by atoms with van der Waals surface area (Å²) in [6.07, 6.45) is 0. The number of nitro benzene ring substituents is 1. The molecule has 0 fully saturated rings. The summed E-state index contributed by atoms with van der Waals surface area (Å²) >= 11 is 1.09. The highest BCUT2D eigenvalue weighted by Gasteiger charge is 2.19. The maximum Gasteiger partial charge on any atom is 0.277 e. The van der Waals surface area contributed by atoms with Gasteiger partial charge in [-0.15, -0.1) is 10.2 Å². The Morgan fingerprint density at radius 1 is 1.19 bits per heavy atom. The molecule has 1 heterocycles. The van der Waals surface area contributed by atoms with Crippen molar-refractivity contribution in [3.63, 3.8) is 0 Å². The molecule has 0 saturated heterocycles. The van der Waals surface area contributed by atoms with Crippen LogP contribution in [0, 0.1) is 10.1 Å².